The SMILES string of the molecule is Cc1nn(C(C)Cc2ccc(Br)cc2)c(N)c1Cl. The van der Waals surface area contributed by atoms with E-state index in [0.29, 0.717) is 10.8 Å². The number of aromatic nitrogens is 2. The van der Waals surface area contributed by atoms with Gasteiger partial charge in [0, 0.05) is 4.47 Å². The van der Waals surface area contributed by atoms with Gasteiger partial charge >= 0.3 is 0 Å². The van der Waals surface area contributed by atoms with Gasteiger partial charge in [-0.1, -0.05) is 39.7 Å². The van der Waals surface area contributed by atoms with Crippen molar-refractivity contribution in [3.63, 3.8) is 0 Å². The lowest BCUT2D eigenvalue weighted by atomic mass is 10.1. The number of nitrogen functional groups attached to an aromatic ring is 1. The summed E-state index contributed by atoms with van der Waals surface area (Å²) in [6, 6.07) is 8.43. The van der Waals surface area contributed by atoms with E-state index in [0.717, 1.165) is 16.6 Å². The number of nitrogens with two attached hydrogens (primary N) is 1. The van der Waals surface area contributed by atoms with Gasteiger partial charge in [0.15, 0.2) is 0 Å². The van der Waals surface area contributed by atoms with Crippen LogP contribution in [0.1, 0.15) is 24.2 Å². The maximum Gasteiger partial charge on any atom is 0.141 e. The van der Waals surface area contributed by atoms with Crippen molar-refractivity contribution < 1.29 is 0 Å². The molecule has 2 N–H and O–H groups in total. The largest absolute Gasteiger partial charge is 0.383 e. The Morgan fingerprint density at radius 3 is 2.50 bits per heavy atom. The monoisotopic (exact) mass is 327 g/mol. The first-order valence-corrected chi connectivity index (χ1v) is 6.90. The highest BCUT2D eigenvalue weighted by Gasteiger charge is 2.15. The maximum atomic E-state index is 6.05. The van der Waals surface area contributed by atoms with Crippen LogP contribution in [-0.2, 0) is 6.42 Å². The van der Waals surface area contributed by atoms with E-state index < -0.39 is 0 Å². The van der Waals surface area contributed by atoms with Gasteiger partial charge in [-0.15, -0.1) is 0 Å². The van der Waals surface area contributed by atoms with Crippen molar-refractivity contribution in [2.75, 3.05) is 5.73 Å². The third kappa shape index (κ3) is 2.70. The fourth-order valence-electron chi connectivity index (χ4n) is 1.93. The molecule has 1 atom stereocenters. The van der Waals surface area contributed by atoms with Gasteiger partial charge in [-0.05, 0) is 38.0 Å². The zero-order valence-electron chi connectivity index (χ0n) is 10.3. The summed E-state index contributed by atoms with van der Waals surface area (Å²) in [5.41, 5.74) is 7.96. The summed E-state index contributed by atoms with van der Waals surface area (Å²) in [7, 11) is 0. The number of benzene rings is 1. The first-order valence-electron chi connectivity index (χ1n) is 5.73. The normalized spacial score (nSPS) is 12.7. The Balaban J connectivity index is 2.19. The lowest BCUT2D eigenvalue weighted by Crippen LogP contribution is -2.12. The van der Waals surface area contributed by atoms with E-state index >= 15 is 0 Å². The fourth-order valence-corrected chi connectivity index (χ4v) is 2.32. The van der Waals surface area contributed by atoms with Crippen LogP contribution in [0.5, 0.6) is 0 Å². The van der Waals surface area contributed by atoms with Gasteiger partial charge < -0.3 is 5.73 Å². The van der Waals surface area contributed by atoms with E-state index in [4.69, 9.17) is 17.3 Å². The van der Waals surface area contributed by atoms with Crippen LogP contribution >= 0.6 is 27.5 Å². The van der Waals surface area contributed by atoms with E-state index in [1.54, 1.807) is 4.68 Å². The summed E-state index contributed by atoms with van der Waals surface area (Å²) >= 11 is 9.48. The zero-order chi connectivity index (χ0) is 13.3. The average molecular weight is 329 g/mol. The minimum Gasteiger partial charge on any atom is -0.383 e. The molecule has 0 spiro atoms. The Morgan fingerprint density at radius 2 is 2.00 bits per heavy atom. The predicted molar refractivity (Wildman–Crippen MR) is 78.9 cm³/mol. The average Bonchev–Trinajstić information content (AvgIpc) is 2.60. The van der Waals surface area contributed by atoms with Crippen LogP contribution in [0.2, 0.25) is 5.02 Å². The number of hydrogen-bond donors (Lipinski definition) is 1. The molecule has 1 aromatic heterocycles. The van der Waals surface area contributed by atoms with Crippen molar-refractivity contribution in [3.8, 4) is 0 Å². The van der Waals surface area contributed by atoms with Gasteiger partial charge in [-0.25, -0.2) is 4.68 Å². The molecule has 3 nitrogen and oxygen atoms in total. The molecule has 2 rings (SSSR count). The highest BCUT2D eigenvalue weighted by atomic mass is 79.9. The minimum absolute atomic E-state index is 0.178. The number of nitrogens with zero attached hydrogens (tertiary/aromatic N) is 2. The number of anilines is 1. The van der Waals surface area contributed by atoms with E-state index in [9.17, 15) is 0 Å². The van der Waals surface area contributed by atoms with Crippen LogP contribution in [0.3, 0.4) is 0 Å². The summed E-state index contributed by atoms with van der Waals surface area (Å²) in [5, 5.41) is 4.93. The van der Waals surface area contributed by atoms with Gasteiger partial charge in [-0.3, -0.25) is 0 Å². The van der Waals surface area contributed by atoms with Crippen molar-refractivity contribution in [2.45, 2.75) is 26.3 Å². The topological polar surface area (TPSA) is 43.8 Å². The molecule has 1 aromatic carbocycles. The van der Waals surface area contributed by atoms with Crippen LogP contribution in [0.4, 0.5) is 5.82 Å². The molecular weight excluding hydrogens is 314 g/mol. The molecule has 0 aliphatic rings. The molecule has 96 valence electrons. The second-order valence-corrected chi connectivity index (χ2v) is 5.70. The summed E-state index contributed by atoms with van der Waals surface area (Å²) in [6.07, 6.45) is 0.870. The van der Waals surface area contributed by atoms with Crippen molar-refractivity contribution in [3.05, 3.63) is 45.0 Å². The molecule has 0 bridgehead atoms. The predicted octanol–water partition coefficient (Wildman–Crippen LogP) is 3.99. The second kappa shape index (κ2) is 5.33. The van der Waals surface area contributed by atoms with E-state index in [2.05, 4.69) is 40.1 Å². The number of halogens is 2. The maximum absolute atomic E-state index is 6.05. The van der Waals surface area contributed by atoms with Crippen molar-refractivity contribution >= 4 is 33.3 Å². The Kier molecular flexibility index (Phi) is 3.97. The molecule has 0 saturated carbocycles. The van der Waals surface area contributed by atoms with Crippen molar-refractivity contribution in [2.24, 2.45) is 0 Å². The number of hydrogen-bond acceptors (Lipinski definition) is 2. The molecule has 0 aliphatic heterocycles. The van der Waals surface area contributed by atoms with Crippen LogP contribution in [0.25, 0.3) is 0 Å². The minimum atomic E-state index is 0.178. The summed E-state index contributed by atoms with van der Waals surface area (Å²) in [6.45, 7) is 3.95. The van der Waals surface area contributed by atoms with E-state index in [-0.39, 0.29) is 6.04 Å². The van der Waals surface area contributed by atoms with Crippen LogP contribution < -0.4 is 5.73 Å². The molecule has 5 heteroatoms. The van der Waals surface area contributed by atoms with Gasteiger partial charge in [0.2, 0.25) is 0 Å². The Labute approximate surface area is 120 Å². The molecular formula is C13H15BrClN3. The molecule has 0 aliphatic carbocycles. The Bertz CT molecular complexity index is 548. The number of aryl methyl sites for hydroxylation is 1. The molecule has 1 heterocycles. The lowest BCUT2D eigenvalue weighted by molar-refractivity contribution is 0.493. The molecule has 0 amide bonds. The second-order valence-electron chi connectivity index (χ2n) is 4.41. The van der Waals surface area contributed by atoms with E-state index in [1.165, 1.54) is 5.56 Å². The standard InChI is InChI=1S/C13H15BrClN3/c1-8(7-10-3-5-11(14)6-4-10)18-13(16)12(15)9(2)17-18/h3-6,8H,7,16H2,1-2H3. The van der Waals surface area contributed by atoms with E-state index in [1.807, 2.05) is 19.1 Å². The van der Waals surface area contributed by atoms with Crippen molar-refractivity contribution in [1.82, 2.24) is 9.78 Å². The summed E-state index contributed by atoms with van der Waals surface area (Å²) in [5.74, 6) is 0.541. The zero-order valence-corrected chi connectivity index (χ0v) is 12.7. The summed E-state index contributed by atoms with van der Waals surface area (Å²) in [4.78, 5) is 0. The highest BCUT2D eigenvalue weighted by molar-refractivity contribution is 9.10. The van der Waals surface area contributed by atoms with Crippen LogP contribution in [0.15, 0.2) is 28.7 Å². The first kappa shape index (κ1) is 13.4. The van der Waals surface area contributed by atoms with Gasteiger partial charge in [0.1, 0.15) is 10.8 Å². The molecule has 2 aromatic rings. The molecule has 0 saturated heterocycles. The fraction of sp³-hybridized carbons (Fsp3) is 0.308. The third-order valence-electron chi connectivity index (χ3n) is 2.91. The van der Waals surface area contributed by atoms with Gasteiger partial charge in [0.05, 0.1) is 11.7 Å². The number of rotatable bonds is 3. The lowest BCUT2D eigenvalue weighted by Gasteiger charge is -2.14. The third-order valence-corrected chi connectivity index (χ3v) is 3.90. The summed E-state index contributed by atoms with van der Waals surface area (Å²) < 4.78 is 2.87. The Hall–Kier alpha value is -1.00. The Morgan fingerprint density at radius 1 is 1.39 bits per heavy atom. The molecule has 1 unspecified atom stereocenters. The first-order chi connectivity index (χ1) is 8.49. The van der Waals surface area contributed by atoms with Crippen molar-refractivity contribution in [1.29, 1.82) is 0 Å². The quantitative estimate of drug-likeness (QED) is 0.925. The van der Waals surface area contributed by atoms with Crippen LogP contribution in [-0.4, -0.2) is 9.78 Å². The molecule has 18 heavy (non-hydrogen) atoms. The highest BCUT2D eigenvalue weighted by Crippen LogP contribution is 2.26. The van der Waals surface area contributed by atoms with Gasteiger partial charge in [-0.2, -0.15) is 5.10 Å². The van der Waals surface area contributed by atoms with Gasteiger partial charge in [0.25, 0.3) is 0 Å². The molecule has 0 fully saturated rings. The molecule has 0 radical (unpaired) electrons. The van der Waals surface area contributed by atoms with Crippen LogP contribution in [0, 0.1) is 6.92 Å². The smallest absolute Gasteiger partial charge is 0.141 e.